The van der Waals surface area contributed by atoms with Crippen molar-refractivity contribution >= 4 is 29.3 Å². The quantitative estimate of drug-likeness (QED) is 0.340. The summed E-state index contributed by atoms with van der Waals surface area (Å²) in [6, 6.07) is 12.0. The van der Waals surface area contributed by atoms with Crippen LogP contribution in [0.15, 0.2) is 42.5 Å². The van der Waals surface area contributed by atoms with E-state index in [4.69, 9.17) is 27.9 Å². The van der Waals surface area contributed by atoms with Crippen molar-refractivity contribution in [2.24, 2.45) is 5.92 Å². The van der Waals surface area contributed by atoms with E-state index in [9.17, 15) is 13.6 Å². The molecule has 0 spiro atoms. The van der Waals surface area contributed by atoms with Gasteiger partial charge >= 0.3 is 6.09 Å². The van der Waals surface area contributed by atoms with E-state index in [-0.39, 0.29) is 28.5 Å². The average molecular weight is 486 g/mol. The number of ether oxygens (including phenoxy) is 1. The molecular weight excluding hydrogens is 459 g/mol. The van der Waals surface area contributed by atoms with Gasteiger partial charge in [-0.05, 0) is 56.3 Å². The maximum Gasteiger partial charge on any atom is 0.407 e. The number of hydrogen-bond acceptors (Lipinski definition) is 4. The van der Waals surface area contributed by atoms with Crippen molar-refractivity contribution in [3.8, 4) is 0 Å². The number of amides is 1. The lowest BCUT2D eigenvalue weighted by molar-refractivity contribution is -0.0800. The Morgan fingerprint density at radius 1 is 1.06 bits per heavy atom. The standard InChI is InChI=1S/C23H27Cl2F2N3O2/c24-20-13-18(14-21(25)30-20)23(26,27)17-7-9-19(10-8-17)28-11-4-12-29-22(31)32-15-16-5-2-1-3-6-16/h1-3,5-6,13-14,17,19,28H,4,7-12,15H2,(H,29,31). The second-order valence-electron chi connectivity index (χ2n) is 7.97. The van der Waals surface area contributed by atoms with Crippen LogP contribution in [-0.4, -0.2) is 30.2 Å². The molecule has 3 rings (SSSR count). The Bertz CT molecular complexity index is 859. The molecule has 2 aromatic rings. The van der Waals surface area contributed by atoms with Crippen molar-refractivity contribution in [3.05, 3.63) is 63.9 Å². The summed E-state index contributed by atoms with van der Waals surface area (Å²) in [7, 11) is 0. The Balaban J connectivity index is 1.31. The maximum absolute atomic E-state index is 14.9. The van der Waals surface area contributed by atoms with Crippen LogP contribution in [0.25, 0.3) is 0 Å². The molecule has 9 heteroatoms. The number of carbonyl (C=O) groups excluding carboxylic acids is 1. The number of alkyl carbamates (subject to hydrolysis) is 1. The molecule has 1 saturated carbocycles. The van der Waals surface area contributed by atoms with Crippen LogP contribution < -0.4 is 10.6 Å². The fraction of sp³-hybridized carbons (Fsp3) is 0.478. The van der Waals surface area contributed by atoms with Crippen molar-refractivity contribution in [1.82, 2.24) is 15.6 Å². The van der Waals surface area contributed by atoms with E-state index in [1.807, 2.05) is 30.3 Å². The molecule has 1 aromatic carbocycles. The summed E-state index contributed by atoms with van der Waals surface area (Å²) in [6.07, 6.45) is 2.43. The van der Waals surface area contributed by atoms with Gasteiger partial charge in [0.1, 0.15) is 16.9 Å². The van der Waals surface area contributed by atoms with Gasteiger partial charge in [0.15, 0.2) is 0 Å². The molecule has 1 heterocycles. The maximum atomic E-state index is 14.9. The van der Waals surface area contributed by atoms with E-state index in [0.717, 1.165) is 12.0 Å². The highest BCUT2D eigenvalue weighted by Crippen LogP contribution is 2.44. The number of aromatic nitrogens is 1. The van der Waals surface area contributed by atoms with Gasteiger partial charge in [0, 0.05) is 24.1 Å². The summed E-state index contributed by atoms with van der Waals surface area (Å²) in [4.78, 5) is 15.5. The Hall–Kier alpha value is -1.96. The molecular formula is C23H27Cl2F2N3O2. The van der Waals surface area contributed by atoms with Gasteiger partial charge in [0.05, 0.1) is 0 Å². The zero-order valence-corrected chi connectivity index (χ0v) is 19.1. The van der Waals surface area contributed by atoms with Crippen LogP contribution in [0.5, 0.6) is 0 Å². The van der Waals surface area contributed by atoms with E-state index in [2.05, 4.69) is 15.6 Å². The minimum atomic E-state index is -2.99. The van der Waals surface area contributed by atoms with Crippen LogP contribution in [0.1, 0.15) is 43.2 Å². The van der Waals surface area contributed by atoms with Crippen molar-refractivity contribution in [3.63, 3.8) is 0 Å². The van der Waals surface area contributed by atoms with Crippen molar-refractivity contribution in [2.45, 2.75) is 50.7 Å². The molecule has 1 amide bonds. The Kier molecular flexibility index (Phi) is 9.08. The number of halogens is 4. The molecule has 0 atom stereocenters. The molecule has 32 heavy (non-hydrogen) atoms. The molecule has 5 nitrogen and oxygen atoms in total. The molecule has 1 aliphatic rings. The van der Waals surface area contributed by atoms with Gasteiger partial charge in [-0.25, -0.2) is 18.6 Å². The van der Waals surface area contributed by atoms with Crippen LogP contribution in [0.3, 0.4) is 0 Å². The average Bonchev–Trinajstić information content (AvgIpc) is 2.78. The largest absolute Gasteiger partial charge is 0.445 e. The Labute approximate surface area is 196 Å². The van der Waals surface area contributed by atoms with Crippen molar-refractivity contribution in [2.75, 3.05) is 13.1 Å². The summed E-state index contributed by atoms with van der Waals surface area (Å²) in [5.41, 5.74) is 0.754. The molecule has 1 fully saturated rings. The smallest absolute Gasteiger partial charge is 0.407 e. The summed E-state index contributed by atoms with van der Waals surface area (Å²) in [5, 5.41) is 6.06. The topological polar surface area (TPSA) is 63.2 Å². The summed E-state index contributed by atoms with van der Waals surface area (Å²) in [6.45, 7) is 1.41. The Morgan fingerprint density at radius 2 is 1.72 bits per heavy atom. The van der Waals surface area contributed by atoms with E-state index < -0.39 is 17.9 Å². The number of rotatable bonds is 9. The lowest BCUT2D eigenvalue weighted by Gasteiger charge is -2.34. The molecule has 0 unspecified atom stereocenters. The van der Waals surface area contributed by atoms with E-state index in [0.29, 0.717) is 38.8 Å². The molecule has 0 aliphatic heterocycles. The van der Waals surface area contributed by atoms with Gasteiger partial charge in [-0.2, -0.15) is 0 Å². The second kappa shape index (κ2) is 11.8. The highest BCUT2D eigenvalue weighted by molar-refractivity contribution is 6.32. The molecule has 0 bridgehead atoms. The highest BCUT2D eigenvalue weighted by atomic mass is 35.5. The normalized spacial score (nSPS) is 18.9. The molecule has 2 N–H and O–H groups in total. The van der Waals surface area contributed by atoms with Crippen molar-refractivity contribution < 1.29 is 18.3 Å². The number of benzene rings is 1. The van der Waals surface area contributed by atoms with Crippen molar-refractivity contribution in [1.29, 1.82) is 0 Å². The Morgan fingerprint density at radius 3 is 2.38 bits per heavy atom. The molecule has 1 aliphatic carbocycles. The van der Waals surface area contributed by atoms with Crippen LogP contribution in [0, 0.1) is 5.92 Å². The number of hydrogen-bond donors (Lipinski definition) is 2. The number of nitrogens with one attached hydrogen (secondary N) is 2. The summed E-state index contributed by atoms with van der Waals surface area (Å²) >= 11 is 11.6. The number of pyridine rings is 1. The van der Waals surface area contributed by atoms with Gasteiger partial charge in [0.2, 0.25) is 0 Å². The highest BCUT2D eigenvalue weighted by Gasteiger charge is 2.43. The van der Waals surface area contributed by atoms with Gasteiger partial charge in [-0.3, -0.25) is 0 Å². The molecule has 1 aromatic heterocycles. The lowest BCUT2D eigenvalue weighted by Crippen LogP contribution is -2.38. The monoisotopic (exact) mass is 485 g/mol. The zero-order chi connectivity index (χ0) is 23.0. The second-order valence-corrected chi connectivity index (χ2v) is 8.74. The third kappa shape index (κ3) is 7.29. The molecule has 0 saturated heterocycles. The van der Waals surface area contributed by atoms with Crippen LogP contribution in [-0.2, 0) is 17.3 Å². The predicted molar refractivity (Wildman–Crippen MR) is 121 cm³/mol. The van der Waals surface area contributed by atoms with Crippen LogP contribution in [0.4, 0.5) is 13.6 Å². The third-order valence-corrected chi connectivity index (χ3v) is 6.04. The summed E-state index contributed by atoms with van der Waals surface area (Å²) < 4.78 is 35.0. The third-order valence-electron chi connectivity index (χ3n) is 5.66. The first-order chi connectivity index (χ1) is 15.3. The first kappa shape index (κ1) is 24.7. The predicted octanol–water partition coefficient (Wildman–Crippen LogP) is 5.95. The van der Waals surface area contributed by atoms with Gasteiger partial charge < -0.3 is 15.4 Å². The SMILES string of the molecule is O=C(NCCCNC1CCC(C(F)(F)c2cc(Cl)nc(Cl)c2)CC1)OCc1ccccc1. The minimum Gasteiger partial charge on any atom is -0.445 e. The van der Waals surface area contributed by atoms with Crippen LogP contribution in [0.2, 0.25) is 10.3 Å². The van der Waals surface area contributed by atoms with E-state index in [1.54, 1.807) is 0 Å². The first-order valence-corrected chi connectivity index (χ1v) is 11.5. The minimum absolute atomic E-state index is 0.0277. The number of alkyl halides is 2. The molecule has 174 valence electrons. The summed E-state index contributed by atoms with van der Waals surface area (Å²) in [5.74, 6) is -3.75. The lowest BCUT2D eigenvalue weighted by atomic mass is 9.80. The fourth-order valence-corrected chi connectivity index (χ4v) is 4.37. The van der Waals surface area contributed by atoms with Gasteiger partial charge in [-0.1, -0.05) is 53.5 Å². The van der Waals surface area contributed by atoms with E-state index in [1.165, 1.54) is 12.1 Å². The fourth-order valence-electron chi connectivity index (χ4n) is 3.91. The zero-order valence-electron chi connectivity index (χ0n) is 17.6. The number of nitrogens with zero attached hydrogens (tertiary/aromatic N) is 1. The van der Waals surface area contributed by atoms with Gasteiger partial charge in [-0.15, -0.1) is 0 Å². The molecule has 0 radical (unpaired) electrons. The number of carbonyl (C=O) groups is 1. The van der Waals surface area contributed by atoms with Crippen LogP contribution >= 0.6 is 23.2 Å². The van der Waals surface area contributed by atoms with Gasteiger partial charge in [0.25, 0.3) is 5.92 Å². The first-order valence-electron chi connectivity index (χ1n) is 10.7. The van der Waals surface area contributed by atoms with E-state index >= 15 is 0 Å².